The van der Waals surface area contributed by atoms with E-state index in [9.17, 15) is 8.78 Å². The highest BCUT2D eigenvalue weighted by molar-refractivity contribution is 5.25. The van der Waals surface area contributed by atoms with E-state index in [1.165, 1.54) is 12.1 Å². The molecule has 0 amide bonds. The number of nitrogens with zero attached hydrogens (tertiary/aromatic N) is 1. The third-order valence-corrected chi connectivity index (χ3v) is 3.53. The van der Waals surface area contributed by atoms with E-state index >= 15 is 0 Å². The van der Waals surface area contributed by atoms with Crippen molar-refractivity contribution in [1.82, 2.24) is 4.90 Å². The van der Waals surface area contributed by atoms with Crippen LogP contribution in [0.25, 0.3) is 0 Å². The maximum atomic E-state index is 14.1. The Kier molecular flexibility index (Phi) is 3.97. The Morgan fingerprint density at radius 1 is 1.22 bits per heavy atom. The van der Waals surface area contributed by atoms with Gasteiger partial charge in [0.2, 0.25) is 0 Å². The molecule has 0 aromatic heterocycles. The summed E-state index contributed by atoms with van der Waals surface area (Å²) in [7, 11) is 0. The molecule has 4 heteroatoms. The lowest BCUT2D eigenvalue weighted by Crippen LogP contribution is -2.44. The van der Waals surface area contributed by atoms with E-state index in [-0.39, 0.29) is 18.2 Å². The first kappa shape index (κ1) is 13.4. The summed E-state index contributed by atoms with van der Waals surface area (Å²) in [6.07, 6.45) is 1.62. The quantitative estimate of drug-likeness (QED) is 0.898. The fraction of sp³-hybridized carbons (Fsp3) is 0.571. The van der Waals surface area contributed by atoms with Crippen LogP contribution in [-0.4, -0.2) is 30.6 Å². The number of likely N-dealkylation sites (tertiary alicyclic amines) is 1. The van der Waals surface area contributed by atoms with Gasteiger partial charge >= 0.3 is 0 Å². The molecule has 0 spiro atoms. The summed E-state index contributed by atoms with van der Waals surface area (Å²) in [5, 5.41) is 0. The zero-order chi connectivity index (χ0) is 13.2. The molecule has 1 aliphatic rings. The van der Waals surface area contributed by atoms with Crippen molar-refractivity contribution in [2.75, 3.05) is 19.6 Å². The van der Waals surface area contributed by atoms with Gasteiger partial charge in [-0.3, -0.25) is 4.90 Å². The minimum atomic E-state index is -2.78. The van der Waals surface area contributed by atoms with E-state index in [0.717, 1.165) is 18.4 Å². The smallest absolute Gasteiger partial charge is 0.285 e. The molecule has 100 valence electrons. The largest absolute Gasteiger partial charge is 0.328 e. The second-order valence-corrected chi connectivity index (χ2v) is 5.18. The summed E-state index contributed by atoms with van der Waals surface area (Å²) >= 11 is 0. The predicted molar refractivity (Wildman–Crippen MR) is 68.7 cm³/mol. The summed E-state index contributed by atoms with van der Waals surface area (Å²) in [5.74, 6) is -2.78. The number of hydrogen-bond acceptors (Lipinski definition) is 2. The van der Waals surface area contributed by atoms with E-state index in [4.69, 9.17) is 5.73 Å². The molecule has 1 fully saturated rings. The molecule has 2 nitrogen and oxygen atoms in total. The Morgan fingerprint density at radius 3 is 2.33 bits per heavy atom. The minimum Gasteiger partial charge on any atom is -0.328 e. The number of nitrogens with two attached hydrogens (primary N) is 1. The van der Waals surface area contributed by atoms with Gasteiger partial charge in [-0.25, -0.2) is 0 Å². The summed E-state index contributed by atoms with van der Waals surface area (Å²) in [6.45, 7) is 3.03. The SMILES string of the molecule is Cc1ccc(C(F)(F)CN2CCC(N)CC2)cc1. The van der Waals surface area contributed by atoms with Crippen molar-refractivity contribution in [3.63, 3.8) is 0 Å². The maximum absolute atomic E-state index is 14.1. The van der Waals surface area contributed by atoms with Gasteiger partial charge in [-0.1, -0.05) is 29.8 Å². The van der Waals surface area contributed by atoms with Crippen LogP contribution in [0.1, 0.15) is 24.0 Å². The highest BCUT2D eigenvalue weighted by Gasteiger charge is 2.34. The molecule has 0 saturated carbocycles. The number of piperidine rings is 1. The van der Waals surface area contributed by atoms with Crippen molar-refractivity contribution >= 4 is 0 Å². The average molecular weight is 254 g/mol. The Bertz CT molecular complexity index is 381. The molecule has 0 bridgehead atoms. The van der Waals surface area contributed by atoms with Crippen LogP contribution in [-0.2, 0) is 5.92 Å². The standard InChI is InChI=1S/C14H20F2N2/c1-11-2-4-12(5-3-11)14(15,16)10-18-8-6-13(17)7-9-18/h2-5,13H,6-10,17H2,1H3. The molecule has 0 atom stereocenters. The maximum Gasteiger partial charge on any atom is 0.285 e. The predicted octanol–water partition coefficient (Wildman–Crippen LogP) is 2.51. The molecule has 1 heterocycles. The van der Waals surface area contributed by atoms with Crippen LogP contribution < -0.4 is 5.73 Å². The molecule has 0 radical (unpaired) electrons. The molecular weight excluding hydrogens is 234 g/mol. The van der Waals surface area contributed by atoms with Crippen molar-refractivity contribution in [3.05, 3.63) is 35.4 Å². The second-order valence-electron chi connectivity index (χ2n) is 5.18. The Morgan fingerprint density at radius 2 is 1.78 bits per heavy atom. The first-order chi connectivity index (χ1) is 8.47. The van der Waals surface area contributed by atoms with E-state index in [1.807, 2.05) is 11.8 Å². The van der Waals surface area contributed by atoms with E-state index in [1.54, 1.807) is 12.1 Å². The van der Waals surface area contributed by atoms with Gasteiger partial charge in [-0.15, -0.1) is 0 Å². The normalized spacial score (nSPS) is 19.1. The topological polar surface area (TPSA) is 29.3 Å². The van der Waals surface area contributed by atoms with E-state index < -0.39 is 5.92 Å². The van der Waals surface area contributed by atoms with Crippen molar-refractivity contribution in [2.24, 2.45) is 5.73 Å². The lowest BCUT2D eigenvalue weighted by atomic mass is 10.0. The number of alkyl halides is 2. The first-order valence-electron chi connectivity index (χ1n) is 6.40. The van der Waals surface area contributed by atoms with Crippen LogP contribution in [0.2, 0.25) is 0 Å². The van der Waals surface area contributed by atoms with Crippen LogP contribution in [0.4, 0.5) is 8.78 Å². The zero-order valence-corrected chi connectivity index (χ0v) is 10.7. The van der Waals surface area contributed by atoms with Gasteiger partial charge in [-0.05, 0) is 32.9 Å². The van der Waals surface area contributed by atoms with Crippen molar-refractivity contribution in [2.45, 2.75) is 31.7 Å². The third-order valence-electron chi connectivity index (χ3n) is 3.53. The molecule has 1 aromatic rings. The second kappa shape index (κ2) is 5.33. The van der Waals surface area contributed by atoms with Crippen LogP contribution in [0.3, 0.4) is 0 Å². The van der Waals surface area contributed by atoms with Gasteiger partial charge in [-0.2, -0.15) is 8.78 Å². The first-order valence-corrected chi connectivity index (χ1v) is 6.40. The molecule has 2 N–H and O–H groups in total. The highest BCUT2D eigenvalue weighted by atomic mass is 19.3. The van der Waals surface area contributed by atoms with Gasteiger partial charge in [0.05, 0.1) is 6.54 Å². The minimum absolute atomic E-state index is 0.1000. The fourth-order valence-electron chi connectivity index (χ4n) is 2.28. The monoisotopic (exact) mass is 254 g/mol. The number of rotatable bonds is 3. The molecule has 1 aromatic carbocycles. The average Bonchev–Trinajstić information content (AvgIpc) is 2.32. The number of aryl methyl sites for hydroxylation is 1. The van der Waals surface area contributed by atoms with E-state index in [0.29, 0.717) is 13.1 Å². The molecule has 1 saturated heterocycles. The summed E-state index contributed by atoms with van der Waals surface area (Å²) in [6, 6.07) is 6.68. The molecule has 0 unspecified atom stereocenters. The van der Waals surface area contributed by atoms with Gasteiger partial charge in [0.15, 0.2) is 0 Å². The van der Waals surface area contributed by atoms with Crippen LogP contribution in [0, 0.1) is 6.92 Å². The zero-order valence-electron chi connectivity index (χ0n) is 10.7. The van der Waals surface area contributed by atoms with Gasteiger partial charge in [0.25, 0.3) is 5.92 Å². The molecule has 2 rings (SSSR count). The Balaban J connectivity index is 2.00. The lowest BCUT2D eigenvalue weighted by Gasteiger charge is -2.32. The van der Waals surface area contributed by atoms with Crippen molar-refractivity contribution < 1.29 is 8.78 Å². The highest BCUT2D eigenvalue weighted by Crippen LogP contribution is 2.30. The Hall–Kier alpha value is -1.00. The lowest BCUT2D eigenvalue weighted by molar-refractivity contribution is -0.0424. The number of hydrogen-bond donors (Lipinski definition) is 1. The van der Waals surface area contributed by atoms with Gasteiger partial charge in [0.1, 0.15) is 0 Å². The third kappa shape index (κ3) is 3.27. The molecule has 1 aliphatic heterocycles. The van der Waals surface area contributed by atoms with Crippen LogP contribution in [0.5, 0.6) is 0 Å². The van der Waals surface area contributed by atoms with Crippen LogP contribution >= 0.6 is 0 Å². The van der Waals surface area contributed by atoms with Crippen molar-refractivity contribution in [3.8, 4) is 0 Å². The molecular formula is C14H20F2N2. The number of benzene rings is 1. The van der Waals surface area contributed by atoms with Gasteiger partial charge in [0, 0.05) is 11.6 Å². The molecule has 18 heavy (non-hydrogen) atoms. The number of halogens is 2. The van der Waals surface area contributed by atoms with Gasteiger partial charge < -0.3 is 5.73 Å². The van der Waals surface area contributed by atoms with E-state index in [2.05, 4.69) is 0 Å². The fourth-order valence-corrected chi connectivity index (χ4v) is 2.28. The molecule has 0 aliphatic carbocycles. The summed E-state index contributed by atoms with van der Waals surface area (Å²) in [5.41, 5.74) is 6.87. The van der Waals surface area contributed by atoms with Crippen LogP contribution in [0.15, 0.2) is 24.3 Å². The summed E-state index contributed by atoms with van der Waals surface area (Å²) in [4.78, 5) is 1.81. The van der Waals surface area contributed by atoms with Crippen molar-refractivity contribution in [1.29, 1.82) is 0 Å². The Labute approximate surface area is 107 Å². The summed E-state index contributed by atoms with van der Waals surface area (Å²) < 4.78 is 28.2.